The zero-order valence-electron chi connectivity index (χ0n) is 16.7. The fourth-order valence-corrected chi connectivity index (χ4v) is 3.10. The van der Waals surface area contributed by atoms with E-state index in [1.54, 1.807) is 20.0 Å². The second-order valence-electron chi connectivity index (χ2n) is 7.36. The summed E-state index contributed by atoms with van der Waals surface area (Å²) in [6, 6.07) is 0.589. The van der Waals surface area contributed by atoms with Gasteiger partial charge >= 0.3 is 12.1 Å². The van der Waals surface area contributed by atoms with Gasteiger partial charge in [0.1, 0.15) is 11.5 Å². The Morgan fingerprint density at radius 1 is 1.23 bits per heavy atom. The lowest BCUT2D eigenvalue weighted by Gasteiger charge is -2.22. The Morgan fingerprint density at radius 3 is 2.61 bits per heavy atom. The summed E-state index contributed by atoms with van der Waals surface area (Å²) in [7, 11) is 0. The standard InChI is InChI=1S/C20H20F3N5O3/c1-10(2)17(15(29)3-4-20(21,22)23)28-16-9-24-8-14(27-16)13-7-26-18-12(13)5-11(6-25-18)19(30)31/h5-10,17H,3-4H2,1-2H3,(H,25,26)(H,27,28)(H,30,31)/t17-/m1/s1. The van der Waals surface area contributed by atoms with E-state index in [0.29, 0.717) is 22.3 Å². The number of nitrogens with one attached hydrogen (secondary N) is 2. The third kappa shape index (κ3) is 5.36. The van der Waals surface area contributed by atoms with Crippen LogP contribution in [0.4, 0.5) is 19.0 Å². The first kappa shape index (κ1) is 22.2. The van der Waals surface area contributed by atoms with Crippen LogP contribution in [0.3, 0.4) is 0 Å². The number of aromatic nitrogens is 4. The third-order valence-corrected chi connectivity index (χ3v) is 4.66. The van der Waals surface area contributed by atoms with Crippen LogP contribution in [0.15, 0.2) is 30.9 Å². The SMILES string of the molecule is CC(C)[C@@H](Nc1cncc(-c2c[nH]c3ncc(C(=O)O)cc23)n1)C(=O)CCC(F)(F)F. The molecule has 31 heavy (non-hydrogen) atoms. The summed E-state index contributed by atoms with van der Waals surface area (Å²) in [6.07, 6.45) is -0.562. The van der Waals surface area contributed by atoms with Crippen LogP contribution < -0.4 is 5.32 Å². The molecular formula is C20H20F3N5O3. The first-order chi connectivity index (χ1) is 14.5. The van der Waals surface area contributed by atoms with Crippen LogP contribution in [-0.2, 0) is 4.79 Å². The van der Waals surface area contributed by atoms with Crippen molar-refractivity contribution >= 4 is 28.6 Å². The molecule has 0 radical (unpaired) electrons. The number of fused-ring (bicyclic) bond motifs is 1. The Hall–Kier alpha value is -3.50. The lowest BCUT2D eigenvalue weighted by Crippen LogP contribution is -2.35. The summed E-state index contributed by atoms with van der Waals surface area (Å²) in [5.74, 6) is -1.75. The Bertz CT molecular complexity index is 1110. The number of hydrogen-bond donors (Lipinski definition) is 3. The van der Waals surface area contributed by atoms with Gasteiger partial charge in [0.05, 0.1) is 36.1 Å². The van der Waals surface area contributed by atoms with E-state index in [4.69, 9.17) is 0 Å². The number of hydrogen-bond acceptors (Lipinski definition) is 6. The molecule has 0 aromatic carbocycles. The molecule has 8 nitrogen and oxygen atoms in total. The zero-order valence-corrected chi connectivity index (χ0v) is 16.7. The maximum atomic E-state index is 12.5. The summed E-state index contributed by atoms with van der Waals surface area (Å²) in [4.78, 5) is 39.1. The highest BCUT2D eigenvalue weighted by Crippen LogP contribution is 2.28. The Kier molecular flexibility index (Phi) is 6.23. The molecule has 0 amide bonds. The molecule has 1 atom stereocenters. The van der Waals surface area contributed by atoms with Crippen molar-refractivity contribution in [2.24, 2.45) is 5.92 Å². The van der Waals surface area contributed by atoms with Gasteiger partial charge in [-0.05, 0) is 12.0 Å². The molecule has 11 heteroatoms. The number of carbonyl (C=O) groups excluding carboxylic acids is 1. The number of anilines is 1. The van der Waals surface area contributed by atoms with Crippen molar-refractivity contribution < 1.29 is 27.9 Å². The lowest BCUT2D eigenvalue weighted by molar-refractivity contribution is -0.143. The Labute approximate surface area is 174 Å². The minimum Gasteiger partial charge on any atom is -0.478 e. The van der Waals surface area contributed by atoms with Gasteiger partial charge in [0, 0.05) is 29.8 Å². The van der Waals surface area contributed by atoms with Crippen LogP contribution in [-0.4, -0.2) is 49.0 Å². The Balaban J connectivity index is 1.87. The van der Waals surface area contributed by atoms with E-state index < -0.39 is 36.8 Å². The first-order valence-electron chi connectivity index (χ1n) is 9.44. The summed E-state index contributed by atoms with van der Waals surface area (Å²) >= 11 is 0. The van der Waals surface area contributed by atoms with Crippen molar-refractivity contribution in [2.75, 3.05) is 5.32 Å². The number of halogens is 3. The van der Waals surface area contributed by atoms with Crippen LogP contribution in [0.2, 0.25) is 0 Å². The van der Waals surface area contributed by atoms with Crippen molar-refractivity contribution in [1.29, 1.82) is 0 Å². The van der Waals surface area contributed by atoms with Crippen LogP contribution in [0, 0.1) is 5.92 Å². The van der Waals surface area contributed by atoms with E-state index in [2.05, 4.69) is 25.3 Å². The van der Waals surface area contributed by atoms with Crippen LogP contribution in [0.5, 0.6) is 0 Å². The minimum atomic E-state index is -4.41. The normalized spacial score (nSPS) is 12.8. The van der Waals surface area contributed by atoms with E-state index in [1.807, 2.05) is 0 Å². The number of ketones is 1. The molecule has 0 aliphatic carbocycles. The molecule has 0 aliphatic heterocycles. The molecule has 164 valence electrons. The molecule has 0 bridgehead atoms. The van der Waals surface area contributed by atoms with Crippen LogP contribution in [0.25, 0.3) is 22.3 Å². The number of H-pyrrole nitrogens is 1. The Morgan fingerprint density at radius 2 is 1.97 bits per heavy atom. The highest BCUT2D eigenvalue weighted by atomic mass is 19.4. The van der Waals surface area contributed by atoms with Crippen molar-refractivity contribution in [1.82, 2.24) is 19.9 Å². The lowest BCUT2D eigenvalue weighted by atomic mass is 9.97. The van der Waals surface area contributed by atoms with Gasteiger partial charge in [0.2, 0.25) is 0 Å². The van der Waals surface area contributed by atoms with Gasteiger partial charge in [-0.15, -0.1) is 0 Å². The number of rotatable bonds is 8. The number of alkyl halides is 3. The van der Waals surface area contributed by atoms with Crippen molar-refractivity contribution in [3.8, 4) is 11.3 Å². The van der Waals surface area contributed by atoms with E-state index in [0.717, 1.165) is 0 Å². The molecular weight excluding hydrogens is 415 g/mol. The number of aromatic carboxylic acids is 1. The summed E-state index contributed by atoms with van der Waals surface area (Å²) in [5.41, 5.74) is 1.39. The van der Waals surface area contributed by atoms with Gasteiger partial charge < -0.3 is 15.4 Å². The smallest absolute Gasteiger partial charge is 0.389 e. The molecule has 3 aromatic rings. The fourth-order valence-electron chi connectivity index (χ4n) is 3.10. The summed E-state index contributed by atoms with van der Waals surface area (Å²) in [5, 5.41) is 12.6. The molecule has 0 fully saturated rings. The molecule has 3 heterocycles. The largest absolute Gasteiger partial charge is 0.478 e. The second kappa shape index (κ2) is 8.70. The number of nitrogens with zero attached hydrogens (tertiary/aromatic N) is 3. The highest BCUT2D eigenvalue weighted by molar-refractivity contribution is 5.98. The second-order valence-corrected chi connectivity index (χ2v) is 7.36. The number of carboxylic acids is 1. The molecule has 0 saturated heterocycles. The van der Waals surface area contributed by atoms with E-state index in [1.165, 1.54) is 24.7 Å². The predicted octanol–water partition coefficient (Wildman–Crippen LogP) is 4.07. The quantitative estimate of drug-likeness (QED) is 0.488. The molecule has 0 saturated carbocycles. The number of aromatic amines is 1. The molecule has 0 spiro atoms. The van der Waals surface area contributed by atoms with Gasteiger partial charge in [-0.2, -0.15) is 13.2 Å². The van der Waals surface area contributed by atoms with E-state index in [-0.39, 0.29) is 17.3 Å². The third-order valence-electron chi connectivity index (χ3n) is 4.66. The fraction of sp³-hybridized carbons (Fsp3) is 0.350. The van der Waals surface area contributed by atoms with Crippen LogP contribution in [0.1, 0.15) is 37.0 Å². The molecule has 0 unspecified atom stereocenters. The van der Waals surface area contributed by atoms with Gasteiger partial charge in [-0.1, -0.05) is 13.8 Å². The average molecular weight is 435 g/mol. The van der Waals surface area contributed by atoms with Crippen molar-refractivity contribution in [2.45, 2.75) is 38.9 Å². The highest BCUT2D eigenvalue weighted by Gasteiger charge is 2.31. The van der Waals surface area contributed by atoms with Gasteiger partial charge in [-0.3, -0.25) is 9.78 Å². The predicted molar refractivity (Wildman–Crippen MR) is 107 cm³/mol. The topological polar surface area (TPSA) is 121 Å². The van der Waals surface area contributed by atoms with Crippen LogP contribution >= 0.6 is 0 Å². The molecule has 3 rings (SSSR count). The van der Waals surface area contributed by atoms with Crippen molar-refractivity contribution in [3.05, 3.63) is 36.4 Å². The van der Waals surface area contributed by atoms with Crippen molar-refractivity contribution in [3.63, 3.8) is 0 Å². The zero-order chi connectivity index (χ0) is 22.8. The first-order valence-corrected chi connectivity index (χ1v) is 9.44. The average Bonchev–Trinajstić information content (AvgIpc) is 3.13. The molecule has 3 aromatic heterocycles. The monoisotopic (exact) mass is 435 g/mol. The molecule has 3 N–H and O–H groups in total. The maximum Gasteiger partial charge on any atom is 0.389 e. The van der Waals surface area contributed by atoms with E-state index >= 15 is 0 Å². The minimum absolute atomic E-state index is 0.00530. The molecule has 0 aliphatic rings. The number of Topliss-reactive ketones (excluding diaryl/α,β-unsaturated/α-hetero) is 1. The van der Waals surface area contributed by atoms with Gasteiger partial charge in [0.25, 0.3) is 0 Å². The number of carbonyl (C=O) groups is 2. The maximum absolute atomic E-state index is 12.5. The summed E-state index contributed by atoms with van der Waals surface area (Å²) in [6.45, 7) is 3.44. The van der Waals surface area contributed by atoms with Gasteiger partial charge in [-0.25, -0.2) is 14.8 Å². The van der Waals surface area contributed by atoms with Gasteiger partial charge in [0.15, 0.2) is 5.78 Å². The number of carboxylic acid groups (broad SMARTS) is 1. The summed E-state index contributed by atoms with van der Waals surface area (Å²) < 4.78 is 37.5. The number of pyridine rings is 1. The van der Waals surface area contributed by atoms with E-state index in [9.17, 15) is 27.9 Å².